The van der Waals surface area contributed by atoms with Crippen molar-refractivity contribution >= 4 is 48.9 Å². The van der Waals surface area contributed by atoms with Gasteiger partial charge in [-0.05, 0) is 45.6 Å². The molecule has 0 saturated carbocycles. The Hall–Kier alpha value is -1.09. The van der Waals surface area contributed by atoms with Crippen LogP contribution in [0.1, 0.15) is 4.88 Å². The first kappa shape index (κ1) is 14.3. The molecule has 19 heavy (non-hydrogen) atoms. The van der Waals surface area contributed by atoms with Crippen molar-refractivity contribution in [3.63, 3.8) is 0 Å². The molecule has 0 aliphatic heterocycles. The lowest BCUT2D eigenvalue weighted by Crippen LogP contribution is -2.21. The van der Waals surface area contributed by atoms with Crippen LogP contribution in [0.3, 0.4) is 0 Å². The number of rotatable bonds is 5. The number of thiophene rings is 1. The Bertz CT molecular complexity index is 670. The van der Waals surface area contributed by atoms with Gasteiger partial charge < -0.3 is 5.32 Å². The zero-order valence-corrected chi connectivity index (χ0v) is 13.0. The molecule has 2 rings (SSSR count). The molecule has 0 amide bonds. The van der Waals surface area contributed by atoms with Crippen LogP contribution in [0, 0.1) is 0 Å². The highest BCUT2D eigenvalue weighted by Crippen LogP contribution is 2.24. The maximum absolute atomic E-state index is 10.9. The van der Waals surface area contributed by atoms with Crippen LogP contribution < -0.4 is 15.2 Å². The van der Waals surface area contributed by atoms with Crippen molar-refractivity contribution in [1.82, 2.24) is 0 Å². The Morgan fingerprint density at radius 2 is 2.00 bits per heavy atom. The molecular weight excluding hydrogens is 350 g/mol. The van der Waals surface area contributed by atoms with Crippen molar-refractivity contribution in [2.75, 3.05) is 10.0 Å². The van der Waals surface area contributed by atoms with Crippen LogP contribution in [0.15, 0.2) is 40.2 Å². The summed E-state index contributed by atoms with van der Waals surface area (Å²) in [6.07, 6.45) is 0. The average Bonchev–Trinajstić information content (AvgIpc) is 2.70. The van der Waals surface area contributed by atoms with E-state index in [9.17, 15) is 8.42 Å². The maximum atomic E-state index is 10.9. The van der Waals surface area contributed by atoms with Crippen LogP contribution >= 0.6 is 27.3 Å². The third kappa shape index (κ3) is 4.50. The van der Waals surface area contributed by atoms with Gasteiger partial charge in [0.05, 0.1) is 12.2 Å². The van der Waals surface area contributed by atoms with E-state index in [1.54, 1.807) is 29.5 Å². The molecule has 5 nitrogen and oxygen atoms in total. The van der Waals surface area contributed by atoms with E-state index in [2.05, 4.69) is 26.0 Å². The zero-order chi connectivity index (χ0) is 13.9. The van der Waals surface area contributed by atoms with Crippen molar-refractivity contribution in [2.45, 2.75) is 6.54 Å². The van der Waals surface area contributed by atoms with Gasteiger partial charge in [-0.1, -0.05) is 6.07 Å². The van der Waals surface area contributed by atoms with Gasteiger partial charge in [0, 0.05) is 15.0 Å². The topological polar surface area (TPSA) is 84.2 Å². The molecule has 0 bridgehead atoms. The van der Waals surface area contributed by atoms with Crippen molar-refractivity contribution < 1.29 is 8.42 Å². The van der Waals surface area contributed by atoms with Gasteiger partial charge in [-0.15, -0.1) is 11.3 Å². The van der Waals surface area contributed by atoms with Gasteiger partial charge in [0.2, 0.25) is 0 Å². The number of hydrogen-bond donors (Lipinski definition) is 3. The van der Waals surface area contributed by atoms with Gasteiger partial charge in [-0.3, -0.25) is 4.72 Å². The van der Waals surface area contributed by atoms with Gasteiger partial charge in [0.25, 0.3) is 10.2 Å². The van der Waals surface area contributed by atoms with Crippen molar-refractivity contribution in [2.24, 2.45) is 5.14 Å². The molecule has 1 aromatic carbocycles. The predicted octanol–water partition coefficient (Wildman–Crippen LogP) is 2.74. The number of nitrogens with two attached hydrogens (primary N) is 1. The Balaban J connectivity index is 2.05. The lowest BCUT2D eigenvalue weighted by Gasteiger charge is -2.08. The molecule has 0 spiro atoms. The lowest BCUT2D eigenvalue weighted by molar-refractivity contribution is 0.603. The molecule has 1 heterocycles. The summed E-state index contributed by atoms with van der Waals surface area (Å²) in [6, 6.07) is 8.92. The monoisotopic (exact) mass is 361 g/mol. The van der Waals surface area contributed by atoms with Crippen molar-refractivity contribution in [3.8, 4) is 0 Å². The summed E-state index contributed by atoms with van der Waals surface area (Å²) in [5.74, 6) is 0. The first-order valence-electron chi connectivity index (χ1n) is 5.30. The molecule has 0 unspecified atom stereocenters. The van der Waals surface area contributed by atoms with Crippen molar-refractivity contribution in [3.05, 3.63) is 45.1 Å². The number of nitrogens with one attached hydrogen (secondary N) is 2. The normalized spacial score (nSPS) is 11.3. The fourth-order valence-electron chi connectivity index (χ4n) is 1.49. The van der Waals surface area contributed by atoms with E-state index in [1.807, 2.05) is 17.5 Å². The Labute approximate surface area is 124 Å². The fraction of sp³-hybridized carbons (Fsp3) is 0.0909. The molecule has 1 aromatic heterocycles. The largest absolute Gasteiger partial charge is 0.380 e. The second kappa shape index (κ2) is 5.91. The van der Waals surface area contributed by atoms with E-state index in [0.717, 1.165) is 10.2 Å². The van der Waals surface area contributed by atoms with Gasteiger partial charge in [-0.25, -0.2) is 5.14 Å². The standard InChI is InChI=1S/C11H12BrN3O2S2/c12-10-4-5-18-11(10)7-14-8-2-1-3-9(6-8)15-19(13,16)17/h1-6,14-15H,7H2,(H2,13,16,17). The molecule has 0 aliphatic carbocycles. The maximum Gasteiger partial charge on any atom is 0.296 e. The first-order valence-corrected chi connectivity index (χ1v) is 8.52. The summed E-state index contributed by atoms with van der Waals surface area (Å²) in [7, 11) is -3.74. The van der Waals surface area contributed by atoms with Crippen LogP contribution in [0.2, 0.25) is 0 Å². The average molecular weight is 362 g/mol. The predicted molar refractivity (Wildman–Crippen MR) is 82.5 cm³/mol. The molecule has 4 N–H and O–H groups in total. The van der Waals surface area contributed by atoms with Gasteiger partial charge in [0.15, 0.2) is 0 Å². The minimum atomic E-state index is -3.74. The first-order chi connectivity index (χ1) is 8.94. The third-order valence-corrected chi connectivity index (χ3v) is 4.71. The lowest BCUT2D eigenvalue weighted by atomic mass is 10.3. The number of benzene rings is 1. The molecule has 8 heteroatoms. The molecule has 0 radical (unpaired) electrons. The van der Waals surface area contributed by atoms with Gasteiger partial charge in [-0.2, -0.15) is 8.42 Å². The summed E-state index contributed by atoms with van der Waals surface area (Å²) in [5.41, 5.74) is 1.24. The van der Waals surface area contributed by atoms with Gasteiger partial charge in [0.1, 0.15) is 0 Å². The minimum absolute atomic E-state index is 0.428. The quantitative estimate of drug-likeness (QED) is 0.765. The molecular formula is C11H12BrN3O2S2. The van der Waals surface area contributed by atoms with Crippen LogP contribution in [-0.4, -0.2) is 8.42 Å². The van der Waals surface area contributed by atoms with Gasteiger partial charge >= 0.3 is 0 Å². The minimum Gasteiger partial charge on any atom is -0.380 e. The van der Waals surface area contributed by atoms with E-state index in [-0.39, 0.29) is 0 Å². The SMILES string of the molecule is NS(=O)(=O)Nc1cccc(NCc2sccc2Br)c1. The van der Waals surface area contributed by atoms with Crippen LogP contribution in [-0.2, 0) is 16.8 Å². The highest BCUT2D eigenvalue weighted by atomic mass is 79.9. The number of hydrogen-bond acceptors (Lipinski definition) is 4. The zero-order valence-electron chi connectivity index (χ0n) is 9.76. The third-order valence-electron chi connectivity index (χ3n) is 2.27. The number of halogens is 1. The fourth-order valence-corrected chi connectivity index (χ4v) is 3.38. The van der Waals surface area contributed by atoms with Crippen molar-refractivity contribution in [1.29, 1.82) is 0 Å². The molecule has 0 fully saturated rings. The highest BCUT2D eigenvalue weighted by molar-refractivity contribution is 9.10. The summed E-state index contributed by atoms with van der Waals surface area (Å²) < 4.78 is 25.2. The Morgan fingerprint density at radius 1 is 1.26 bits per heavy atom. The Kier molecular flexibility index (Phi) is 4.46. The second-order valence-corrected chi connectivity index (χ2v) is 6.92. The highest BCUT2D eigenvalue weighted by Gasteiger charge is 2.04. The molecule has 0 aliphatic rings. The molecule has 0 atom stereocenters. The van der Waals surface area contributed by atoms with Crippen LogP contribution in [0.5, 0.6) is 0 Å². The molecule has 0 saturated heterocycles. The van der Waals surface area contributed by atoms with Crippen LogP contribution in [0.25, 0.3) is 0 Å². The smallest absolute Gasteiger partial charge is 0.296 e. The summed E-state index contributed by atoms with van der Waals surface area (Å²) in [6.45, 7) is 0.664. The van der Waals surface area contributed by atoms with E-state index < -0.39 is 10.2 Å². The summed E-state index contributed by atoms with van der Waals surface area (Å²) in [5, 5.41) is 10.1. The summed E-state index contributed by atoms with van der Waals surface area (Å²) in [4.78, 5) is 1.17. The Morgan fingerprint density at radius 3 is 2.63 bits per heavy atom. The van der Waals surface area contributed by atoms with E-state index in [4.69, 9.17) is 5.14 Å². The molecule has 102 valence electrons. The molecule has 2 aromatic rings. The van der Waals surface area contributed by atoms with Crippen LogP contribution in [0.4, 0.5) is 11.4 Å². The number of anilines is 2. The summed E-state index contributed by atoms with van der Waals surface area (Å²) >= 11 is 5.10. The van der Waals surface area contributed by atoms with E-state index in [0.29, 0.717) is 12.2 Å². The van der Waals surface area contributed by atoms with E-state index in [1.165, 1.54) is 4.88 Å². The van der Waals surface area contributed by atoms with E-state index >= 15 is 0 Å². The second-order valence-electron chi connectivity index (χ2n) is 3.77.